The Balaban J connectivity index is 1.43. The lowest BCUT2D eigenvalue weighted by Gasteiger charge is -2.26. The summed E-state index contributed by atoms with van der Waals surface area (Å²) in [6.07, 6.45) is 5.90. The maximum absolute atomic E-state index is 12.0. The SMILES string of the molecule is C#C[C@]1(COCOC(=O)c2ccccc2)O[C@@H](n2ccc3c(N)nc(Cl)nc32)C[C@@H]1O. The first-order valence-electron chi connectivity index (χ1n) is 9.36. The van der Waals surface area contributed by atoms with Crippen molar-refractivity contribution >= 4 is 34.4 Å². The molecule has 1 fully saturated rings. The molecule has 3 heterocycles. The molecule has 4 rings (SSSR count). The molecule has 160 valence electrons. The molecule has 9 nitrogen and oxygen atoms in total. The highest BCUT2D eigenvalue weighted by molar-refractivity contribution is 6.28. The van der Waals surface area contributed by atoms with E-state index in [-0.39, 0.29) is 30.9 Å². The zero-order chi connectivity index (χ0) is 22.0. The highest BCUT2D eigenvalue weighted by atomic mass is 35.5. The van der Waals surface area contributed by atoms with E-state index < -0.39 is 23.9 Å². The Kier molecular flexibility index (Phi) is 5.80. The molecular weight excluding hydrogens is 424 g/mol. The number of nitrogen functional groups attached to an aromatic ring is 1. The molecule has 3 N–H and O–H groups in total. The van der Waals surface area contributed by atoms with Gasteiger partial charge in [0, 0.05) is 12.6 Å². The number of nitrogens with zero attached hydrogens (tertiary/aromatic N) is 3. The molecule has 0 aliphatic carbocycles. The number of terminal acetylenes is 1. The Hall–Kier alpha value is -3.16. The average molecular weight is 443 g/mol. The molecular formula is C21H19ClN4O5. The van der Waals surface area contributed by atoms with Gasteiger partial charge in [-0.3, -0.25) is 0 Å². The number of halogens is 1. The number of hydrogen-bond acceptors (Lipinski definition) is 8. The van der Waals surface area contributed by atoms with Gasteiger partial charge < -0.3 is 29.6 Å². The molecule has 0 unspecified atom stereocenters. The summed E-state index contributed by atoms with van der Waals surface area (Å²) < 4.78 is 18.2. The molecule has 2 aromatic heterocycles. The highest BCUT2D eigenvalue weighted by Crippen LogP contribution is 2.38. The minimum absolute atomic E-state index is 0.00438. The predicted octanol–water partition coefficient (Wildman–Crippen LogP) is 2.15. The van der Waals surface area contributed by atoms with E-state index in [9.17, 15) is 9.90 Å². The molecule has 31 heavy (non-hydrogen) atoms. The number of rotatable bonds is 6. The van der Waals surface area contributed by atoms with Gasteiger partial charge in [0.15, 0.2) is 12.4 Å². The van der Waals surface area contributed by atoms with Crippen molar-refractivity contribution in [1.29, 1.82) is 0 Å². The van der Waals surface area contributed by atoms with E-state index in [1.807, 2.05) is 0 Å². The zero-order valence-corrected chi connectivity index (χ0v) is 17.0. The third kappa shape index (κ3) is 4.06. The van der Waals surface area contributed by atoms with Crippen LogP contribution in [-0.2, 0) is 14.2 Å². The lowest BCUT2D eigenvalue weighted by molar-refractivity contribution is -0.128. The van der Waals surface area contributed by atoms with E-state index in [1.165, 1.54) is 0 Å². The van der Waals surface area contributed by atoms with Crippen molar-refractivity contribution in [1.82, 2.24) is 14.5 Å². The first kappa shape index (κ1) is 21.1. The van der Waals surface area contributed by atoms with Crippen LogP contribution in [0.3, 0.4) is 0 Å². The van der Waals surface area contributed by atoms with Crippen LogP contribution in [0.2, 0.25) is 5.28 Å². The van der Waals surface area contributed by atoms with Gasteiger partial charge in [-0.25, -0.2) is 9.78 Å². The van der Waals surface area contributed by atoms with Crippen LogP contribution in [-0.4, -0.2) is 50.7 Å². The molecule has 0 radical (unpaired) electrons. The summed E-state index contributed by atoms with van der Waals surface area (Å²) in [5.74, 6) is 2.18. The molecule has 1 saturated heterocycles. The van der Waals surface area contributed by atoms with Gasteiger partial charge in [-0.1, -0.05) is 24.1 Å². The van der Waals surface area contributed by atoms with Crippen molar-refractivity contribution in [2.75, 3.05) is 19.1 Å². The first-order chi connectivity index (χ1) is 14.9. The lowest BCUT2D eigenvalue weighted by atomic mass is 9.99. The number of aromatic nitrogens is 3. The first-order valence-corrected chi connectivity index (χ1v) is 9.74. The molecule has 10 heteroatoms. The summed E-state index contributed by atoms with van der Waals surface area (Å²) in [5, 5.41) is 11.2. The number of hydrogen-bond donors (Lipinski definition) is 2. The minimum atomic E-state index is -1.43. The molecule has 0 bridgehead atoms. The Morgan fingerprint density at radius 2 is 2.16 bits per heavy atom. The number of benzene rings is 1. The van der Waals surface area contributed by atoms with E-state index in [0.717, 1.165) is 0 Å². The number of ether oxygens (including phenoxy) is 3. The number of nitrogens with two attached hydrogens (primary N) is 1. The molecule has 0 saturated carbocycles. The number of carbonyl (C=O) groups is 1. The summed E-state index contributed by atoms with van der Waals surface area (Å²) in [7, 11) is 0. The standard InChI is InChI=1S/C21H19ClN4O5/c1-2-21(11-29-12-30-19(28)13-6-4-3-5-7-13)15(27)10-16(31-21)26-9-8-14-17(23)24-20(22)25-18(14)26/h1,3-9,15-16,27H,10-12H2,(H2,23,24,25)/t15-,16+,21+/m0/s1. The number of esters is 1. The van der Waals surface area contributed by atoms with Crippen LogP contribution in [0, 0.1) is 12.3 Å². The lowest BCUT2D eigenvalue weighted by Crippen LogP contribution is -2.42. The van der Waals surface area contributed by atoms with Crippen molar-refractivity contribution < 1.29 is 24.1 Å². The van der Waals surface area contributed by atoms with Crippen LogP contribution < -0.4 is 5.73 Å². The minimum Gasteiger partial charge on any atom is -0.435 e. The van der Waals surface area contributed by atoms with E-state index in [1.54, 1.807) is 47.2 Å². The van der Waals surface area contributed by atoms with Crippen molar-refractivity contribution in [2.45, 2.75) is 24.4 Å². The third-order valence-electron chi connectivity index (χ3n) is 5.04. The topological polar surface area (TPSA) is 122 Å². The number of fused-ring (bicyclic) bond motifs is 1. The van der Waals surface area contributed by atoms with Gasteiger partial charge in [0.1, 0.15) is 23.8 Å². The van der Waals surface area contributed by atoms with Crippen LogP contribution in [0.4, 0.5) is 5.82 Å². The second-order valence-corrected chi connectivity index (χ2v) is 7.30. The summed E-state index contributed by atoms with van der Waals surface area (Å²) in [4.78, 5) is 20.1. The second-order valence-electron chi connectivity index (χ2n) is 6.96. The smallest absolute Gasteiger partial charge is 0.340 e. The van der Waals surface area contributed by atoms with Crippen LogP contribution in [0.25, 0.3) is 11.0 Å². The predicted molar refractivity (Wildman–Crippen MR) is 112 cm³/mol. The number of aliphatic hydroxyl groups is 1. The van der Waals surface area contributed by atoms with Crippen molar-refractivity contribution in [2.24, 2.45) is 0 Å². The fraction of sp³-hybridized carbons (Fsp3) is 0.286. The Morgan fingerprint density at radius 3 is 2.90 bits per heavy atom. The van der Waals surface area contributed by atoms with Gasteiger partial charge in [0.05, 0.1) is 17.6 Å². The molecule has 0 amide bonds. The molecule has 1 aliphatic heterocycles. The number of carbonyl (C=O) groups excluding carboxylic acids is 1. The normalized spacial score (nSPS) is 23.0. The average Bonchev–Trinajstić information content (AvgIpc) is 3.33. The highest BCUT2D eigenvalue weighted by Gasteiger charge is 2.48. The van der Waals surface area contributed by atoms with E-state index in [2.05, 4.69) is 15.9 Å². The van der Waals surface area contributed by atoms with Crippen LogP contribution >= 0.6 is 11.6 Å². The van der Waals surface area contributed by atoms with Gasteiger partial charge in [-0.05, 0) is 29.8 Å². The summed E-state index contributed by atoms with van der Waals surface area (Å²) in [6, 6.07) is 10.2. The van der Waals surface area contributed by atoms with Gasteiger partial charge in [-0.2, -0.15) is 4.98 Å². The van der Waals surface area contributed by atoms with Crippen LogP contribution in [0.5, 0.6) is 0 Å². The third-order valence-corrected chi connectivity index (χ3v) is 5.21. The van der Waals surface area contributed by atoms with Gasteiger partial charge in [0.25, 0.3) is 0 Å². The zero-order valence-electron chi connectivity index (χ0n) is 16.3. The fourth-order valence-corrected chi connectivity index (χ4v) is 3.60. The maximum Gasteiger partial charge on any atom is 0.340 e. The molecule has 3 aromatic rings. The van der Waals surface area contributed by atoms with Gasteiger partial charge >= 0.3 is 5.97 Å². The summed E-state index contributed by atoms with van der Waals surface area (Å²) >= 11 is 5.93. The molecule has 1 aliphatic rings. The van der Waals surface area contributed by atoms with E-state index in [4.69, 9.17) is 38.0 Å². The fourth-order valence-electron chi connectivity index (χ4n) is 3.43. The van der Waals surface area contributed by atoms with E-state index in [0.29, 0.717) is 16.6 Å². The van der Waals surface area contributed by atoms with Crippen molar-refractivity contribution in [3.63, 3.8) is 0 Å². The van der Waals surface area contributed by atoms with Crippen LogP contribution in [0.15, 0.2) is 42.6 Å². The Bertz CT molecular complexity index is 1150. The largest absolute Gasteiger partial charge is 0.435 e. The summed E-state index contributed by atoms with van der Waals surface area (Å²) in [5.41, 5.74) is 5.32. The van der Waals surface area contributed by atoms with E-state index >= 15 is 0 Å². The maximum atomic E-state index is 12.0. The van der Waals surface area contributed by atoms with Crippen molar-refractivity contribution in [3.05, 3.63) is 53.4 Å². The quantitative estimate of drug-likeness (QED) is 0.196. The van der Waals surface area contributed by atoms with Gasteiger partial charge in [-0.15, -0.1) is 6.42 Å². The molecule has 1 aromatic carbocycles. The molecule has 0 spiro atoms. The van der Waals surface area contributed by atoms with Crippen LogP contribution in [0.1, 0.15) is 23.0 Å². The van der Waals surface area contributed by atoms with Gasteiger partial charge in [0.2, 0.25) is 5.28 Å². The van der Waals surface area contributed by atoms with Crippen molar-refractivity contribution in [3.8, 4) is 12.3 Å². The summed E-state index contributed by atoms with van der Waals surface area (Å²) in [6.45, 7) is -0.524. The number of anilines is 1. The Morgan fingerprint density at radius 1 is 1.39 bits per heavy atom. The Labute approximate surface area is 182 Å². The molecule has 3 atom stereocenters. The monoisotopic (exact) mass is 442 g/mol. The number of aliphatic hydroxyl groups excluding tert-OH is 1. The second kappa shape index (κ2) is 8.53.